The molecule has 1 heterocycles. The Morgan fingerprint density at radius 1 is 1.37 bits per heavy atom. The molecule has 0 radical (unpaired) electrons. The second kappa shape index (κ2) is 6.30. The molecule has 0 bridgehead atoms. The van der Waals surface area contributed by atoms with E-state index in [1.807, 2.05) is 6.26 Å². The Bertz CT molecular complexity index is 483. The van der Waals surface area contributed by atoms with Gasteiger partial charge in [0, 0.05) is 12.3 Å². The van der Waals surface area contributed by atoms with Crippen LogP contribution >= 0.6 is 11.8 Å². The SMILES string of the molecule is CSCC(C)(O)CNS(=O)(=O)C1CCS(=O)(=O)CC1. The summed E-state index contributed by atoms with van der Waals surface area (Å²) in [4.78, 5) is 0. The lowest BCUT2D eigenvalue weighted by atomic mass is 10.1. The fraction of sp³-hybridized carbons (Fsp3) is 1.00. The van der Waals surface area contributed by atoms with Crippen LogP contribution in [0.25, 0.3) is 0 Å². The Morgan fingerprint density at radius 3 is 2.37 bits per heavy atom. The summed E-state index contributed by atoms with van der Waals surface area (Å²) >= 11 is 1.43. The highest BCUT2D eigenvalue weighted by Gasteiger charge is 2.33. The van der Waals surface area contributed by atoms with Gasteiger partial charge in [-0.1, -0.05) is 0 Å². The molecule has 6 nitrogen and oxygen atoms in total. The number of aliphatic hydroxyl groups is 1. The zero-order valence-corrected chi connectivity index (χ0v) is 13.6. The van der Waals surface area contributed by atoms with Crippen molar-refractivity contribution in [3.05, 3.63) is 0 Å². The third kappa shape index (κ3) is 5.58. The van der Waals surface area contributed by atoms with E-state index in [1.54, 1.807) is 6.92 Å². The van der Waals surface area contributed by atoms with E-state index in [0.29, 0.717) is 5.75 Å². The molecular weight excluding hydrogens is 310 g/mol. The molecule has 1 fully saturated rings. The van der Waals surface area contributed by atoms with Crippen LogP contribution in [0.3, 0.4) is 0 Å². The average Bonchev–Trinajstić information content (AvgIpc) is 2.26. The van der Waals surface area contributed by atoms with Crippen molar-refractivity contribution in [3.63, 3.8) is 0 Å². The molecule has 0 aromatic heterocycles. The summed E-state index contributed by atoms with van der Waals surface area (Å²) in [5, 5.41) is 9.24. The minimum absolute atomic E-state index is 0.0561. The first kappa shape index (κ1) is 17.2. The molecule has 1 aliphatic rings. The summed E-state index contributed by atoms with van der Waals surface area (Å²) in [6, 6.07) is 0. The van der Waals surface area contributed by atoms with E-state index in [-0.39, 0.29) is 30.9 Å². The number of hydrogen-bond acceptors (Lipinski definition) is 6. The van der Waals surface area contributed by atoms with Crippen molar-refractivity contribution in [3.8, 4) is 0 Å². The Kier molecular flexibility index (Phi) is 5.71. The van der Waals surface area contributed by atoms with Crippen LogP contribution < -0.4 is 4.72 Å². The summed E-state index contributed by atoms with van der Waals surface area (Å²) in [5.74, 6) is 0.258. The van der Waals surface area contributed by atoms with E-state index < -0.39 is 30.7 Å². The normalized spacial score (nSPS) is 23.9. The lowest BCUT2D eigenvalue weighted by molar-refractivity contribution is 0.0908. The minimum Gasteiger partial charge on any atom is -0.388 e. The van der Waals surface area contributed by atoms with Gasteiger partial charge in [-0.05, 0) is 26.0 Å². The Balaban J connectivity index is 2.58. The zero-order valence-electron chi connectivity index (χ0n) is 11.1. The third-order valence-corrected chi connectivity index (χ3v) is 7.57. The predicted octanol–water partition coefficient (Wildman–Crippen LogP) is -0.403. The van der Waals surface area contributed by atoms with Crippen molar-refractivity contribution in [2.75, 3.05) is 30.1 Å². The lowest BCUT2D eigenvalue weighted by Gasteiger charge is -2.26. The van der Waals surface area contributed by atoms with E-state index in [0.717, 1.165) is 0 Å². The first-order valence-corrected chi connectivity index (χ1v) is 10.7. The summed E-state index contributed by atoms with van der Waals surface area (Å²) in [6.45, 7) is 1.51. The number of hydrogen-bond donors (Lipinski definition) is 2. The highest BCUT2D eigenvalue weighted by atomic mass is 32.2. The van der Waals surface area contributed by atoms with Gasteiger partial charge >= 0.3 is 0 Å². The Hall–Kier alpha value is 0.170. The third-order valence-electron chi connectivity index (χ3n) is 3.05. The molecular formula is C10H21NO5S3. The number of sulfone groups is 1. The largest absolute Gasteiger partial charge is 0.388 e. The predicted molar refractivity (Wildman–Crippen MR) is 77.6 cm³/mol. The fourth-order valence-electron chi connectivity index (χ4n) is 1.91. The maximum atomic E-state index is 12.0. The molecule has 0 aromatic rings. The van der Waals surface area contributed by atoms with Crippen LogP contribution in [0, 0.1) is 0 Å². The maximum absolute atomic E-state index is 12.0. The molecule has 1 saturated heterocycles. The lowest BCUT2D eigenvalue weighted by Crippen LogP contribution is -2.47. The van der Waals surface area contributed by atoms with Gasteiger partial charge in [0.2, 0.25) is 10.0 Å². The van der Waals surface area contributed by atoms with Crippen LogP contribution in [0.1, 0.15) is 19.8 Å². The van der Waals surface area contributed by atoms with Gasteiger partial charge in [0.1, 0.15) is 9.84 Å². The molecule has 0 aromatic carbocycles. The molecule has 0 saturated carbocycles. The van der Waals surface area contributed by atoms with Gasteiger partial charge in [-0.3, -0.25) is 0 Å². The van der Waals surface area contributed by atoms with E-state index in [9.17, 15) is 21.9 Å². The zero-order chi connectivity index (χ0) is 14.7. The van der Waals surface area contributed by atoms with E-state index in [1.165, 1.54) is 11.8 Å². The smallest absolute Gasteiger partial charge is 0.214 e. The van der Waals surface area contributed by atoms with E-state index in [4.69, 9.17) is 0 Å². The van der Waals surface area contributed by atoms with Crippen molar-refractivity contribution >= 4 is 31.6 Å². The number of sulfonamides is 1. The van der Waals surface area contributed by atoms with Crippen molar-refractivity contribution in [1.29, 1.82) is 0 Å². The molecule has 1 atom stereocenters. The molecule has 0 amide bonds. The molecule has 0 aliphatic carbocycles. The highest BCUT2D eigenvalue weighted by molar-refractivity contribution is 7.98. The molecule has 114 valence electrons. The number of nitrogens with one attached hydrogen (secondary N) is 1. The summed E-state index contributed by atoms with van der Waals surface area (Å²) in [5.41, 5.74) is -1.10. The van der Waals surface area contributed by atoms with Gasteiger partial charge in [-0.15, -0.1) is 0 Å². The first-order valence-electron chi connectivity index (χ1n) is 5.98. The van der Waals surface area contributed by atoms with E-state index >= 15 is 0 Å². The Morgan fingerprint density at radius 2 is 1.89 bits per heavy atom. The summed E-state index contributed by atoms with van der Waals surface area (Å²) in [7, 11) is -6.64. The first-order chi connectivity index (χ1) is 8.58. The molecule has 1 rings (SSSR count). The van der Waals surface area contributed by atoms with Crippen LogP contribution in [0.5, 0.6) is 0 Å². The van der Waals surface area contributed by atoms with Gasteiger partial charge in [0.25, 0.3) is 0 Å². The van der Waals surface area contributed by atoms with Crippen LogP contribution in [-0.4, -0.2) is 62.9 Å². The molecule has 19 heavy (non-hydrogen) atoms. The molecule has 1 aliphatic heterocycles. The monoisotopic (exact) mass is 331 g/mol. The van der Waals surface area contributed by atoms with Crippen LogP contribution in [0.4, 0.5) is 0 Å². The number of thioether (sulfide) groups is 1. The highest BCUT2D eigenvalue weighted by Crippen LogP contribution is 2.19. The topological polar surface area (TPSA) is 101 Å². The van der Waals surface area contributed by atoms with Crippen LogP contribution in [0.15, 0.2) is 0 Å². The van der Waals surface area contributed by atoms with Crippen molar-refractivity contribution in [2.24, 2.45) is 0 Å². The average molecular weight is 331 g/mol. The van der Waals surface area contributed by atoms with Crippen molar-refractivity contribution in [1.82, 2.24) is 4.72 Å². The van der Waals surface area contributed by atoms with Crippen LogP contribution in [0.2, 0.25) is 0 Å². The van der Waals surface area contributed by atoms with Gasteiger partial charge in [-0.2, -0.15) is 11.8 Å². The number of rotatable bonds is 6. The second-order valence-electron chi connectivity index (χ2n) is 5.15. The van der Waals surface area contributed by atoms with Crippen molar-refractivity contribution < 1.29 is 21.9 Å². The quantitative estimate of drug-likeness (QED) is 0.687. The van der Waals surface area contributed by atoms with E-state index in [2.05, 4.69) is 4.72 Å². The molecule has 1 unspecified atom stereocenters. The van der Waals surface area contributed by atoms with Gasteiger partial charge in [0.15, 0.2) is 0 Å². The van der Waals surface area contributed by atoms with Gasteiger partial charge in [-0.25, -0.2) is 21.6 Å². The second-order valence-corrected chi connectivity index (χ2v) is 10.4. The Labute approximate surface area is 119 Å². The molecule has 2 N–H and O–H groups in total. The summed E-state index contributed by atoms with van der Waals surface area (Å²) in [6.07, 6.45) is 2.08. The molecule has 0 spiro atoms. The summed E-state index contributed by atoms with van der Waals surface area (Å²) < 4.78 is 49.0. The van der Waals surface area contributed by atoms with Gasteiger partial charge in [0.05, 0.1) is 22.4 Å². The van der Waals surface area contributed by atoms with Crippen LogP contribution in [-0.2, 0) is 19.9 Å². The van der Waals surface area contributed by atoms with Crippen molar-refractivity contribution in [2.45, 2.75) is 30.6 Å². The standard InChI is InChI=1S/C10H21NO5S3/c1-10(12,8-17-2)7-11-19(15,16)9-3-5-18(13,14)6-4-9/h9,11-12H,3-8H2,1-2H3. The minimum atomic E-state index is -3.57. The maximum Gasteiger partial charge on any atom is 0.214 e. The van der Waals surface area contributed by atoms with Gasteiger partial charge < -0.3 is 5.11 Å². The molecule has 9 heteroatoms. The fourth-order valence-corrected chi connectivity index (χ4v) is 6.03.